The van der Waals surface area contributed by atoms with Crippen molar-refractivity contribution in [3.05, 3.63) is 84.0 Å². The van der Waals surface area contributed by atoms with Crippen LogP contribution in [0.2, 0.25) is 0 Å². The van der Waals surface area contributed by atoms with E-state index in [1.807, 2.05) is 17.5 Å². The molecule has 0 aliphatic rings. The highest BCUT2D eigenvalue weighted by atomic mass is 35.5. The standard InChI is InChI=1S/C21H16ClNS/c1-15-9-11-16(12-10-15)23(14-13-22)19-7-4-6-18-17-5-2-3-8-20(17)24-21(18)19/h2-14H,1H3/b14-13+. The average Bonchev–Trinajstić information content (AvgIpc) is 3.00. The molecular weight excluding hydrogens is 334 g/mol. The predicted octanol–water partition coefficient (Wildman–Crippen LogP) is 7.21. The Balaban J connectivity index is 1.97. The van der Waals surface area contributed by atoms with Crippen molar-refractivity contribution in [2.75, 3.05) is 4.90 Å². The maximum atomic E-state index is 5.94. The number of halogens is 1. The van der Waals surface area contributed by atoms with Gasteiger partial charge in [0, 0.05) is 32.9 Å². The van der Waals surface area contributed by atoms with Gasteiger partial charge in [0.15, 0.2) is 0 Å². The van der Waals surface area contributed by atoms with Crippen molar-refractivity contribution < 1.29 is 0 Å². The fourth-order valence-corrected chi connectivity index (χ4v) is 4.32. The number of anilines is 2. The second-order valence-corrected chi connectivity index (χ2v) is 7.04. The fraction of sp³-hybridized carbons (Fsp3) is 0.0476. The zero-order chi connectivity index (χ0) is 16.5. The lowest BCUT2D eigenvalue weighted by Gasteiger charge is -2.21. The summed E-state index contributed by atoms with van der Waals surface area (Å²) in [4.78, 5) is 2.14. The van der Waals surface area contributed by atoms with Crippen molar-refractivity contribution in [1.82, 2.24) is 0 Å². The molecule has 0 aliphatic heterocycles. The lowest BCUT2D eigenvalue weighted by Crippen LogP contribution is -2.08. The van der Waals surface area contributed by atoms with E-state index < -0.39 is 0 Å². The van der Waals surface area contributed by atoms with E-state index in [1.165, 1.54) is 25.7 Å². The van der Waals surface area contributed by atoms with Gasteiger partial charge in [-0.25, -0.2) is 0 Å². The van der Waals surface area contributed by atoms with Crippen LogP contribution in [0.5, 0.6) is 0 Å². The smallest absolute Gasteiger partial charge is 0.0634 e. The van der Waals surface area contributed by atoms with Crippen LogP contribution in [0.15, 0.2) is 78.5 Å². The van der Waals surface area contributed by atoms with Crippen molar-refractivity contribution in [2.24, 2.45) is 0 Å². The normalized spacial score (nSPS) is 11.6. The van der Waals surface area contributed by atoms with Crippen molar-refractivity contribution in [3.63, 3.8) is 0 Å². The number of benzene rings is 3. The van der Waals surface area contributed by atoms with Gasteiger partial charge >= 0.3 is 0 Å². The molecule has 0 bridgehead atoms. The molecule has 0 spiro atoms. The maximum absolute atomic E-state index is 5.94. The van der Waals surface area contributed by atoms with E-state index in [4.69, 9.17) is 11.6 Å². The molecule has 118 valence electrons. The van der Waals surface area contributed by atoms with Crippen molar-refractivity contribution in [3.8, 4) is 0 Å². The lowest BCUT2D eigenvalue weighted by molar-refractivity contribution is 1.30. The second-order valence-electron chi connectivity index (χ2n) is 5.73. The van der Waals surface area contributed by atoms with Crippen LogP contribution in [0.3, 0.4) is 0 Å². The van der Waals surface area contributed by atoms with Crippen LogP contribution in [0.1, 0.15) is 5.56 Å². The number of nitrogens with zero attached hydrogens (tertiary/aromatic N) is 1. The highest BCUT2D eigenvalue weighted by Gasteiger charge is 2.13. The van der Waals surface area contributed by atoms with Gasteiger partial charge in [-0.1, -0.05) is 59.6 Å². The van der Waals surface area contributed by atoms with Crippen LogP contribution in [-0.4, -0.2) is 0 Å². The summed E-state index contributed by atoms with van der Waals surface area (Å²) in [6.07, 6.45) is 1.91. The van der Waals surface area contributed by atoms with Gasteiger partial charge in [-0.05, 0) is 31.2 Å². The van der Waals surface area contributed by atoms with Crippen LogP contribution in [0.4, 0.5) is 11.4 Å². The fourth-order valence-electron chi connectivity index (χ4n) is 2.99. The van der Waals surface area contributed by atoms with Gasteiger partial charge in [0.05, 0.1) is 10.4 Å². The van der Waals surface area contributed by atoms with E-state index >= 15 is 0 Å². The largest absolute Gasteiger partial charge is 0.315 e. The minimum absolute atomic E-state index is 1.10. The highest BCUT2D eigenvalue weighted by Crippen LogP contribution is 2.41. The summed E-state index contributed by atoms with van der Waals surface area (Å²) in [7, 11) is 0. The summed E-state index contributed by atoms with van der Waals surface area (Å²) in [5, 5.41) is 2.59. The lowest BCUT2D eigenvalue weighted by atomic mass is 10.1. The van der Waals surface area contributed by atoms with Gasteiger partial charge in [0.2, 0.25) is 0 Å². The Bertz CT molecular complexity index is 1030. The van der Waals surface area contributed by atoms with Crippen LogP contribution in [-0.2, 0) is 0 Å². The van der Waals surface area contributed by atoms with Crippen molar-refractivity contribution in [2.45, 2.75) is 6.92 Å². The molecule has 3 heteroatoms. The van der Waals surface area contributed by atoms with Crippen LogP contribution in [0.25, 0.3) is 20.2 Å². The molecule has 1 aromatic heterocycles. The Labute approximate surface area is 150 Å². The van der Waals surface area contributed by atoms with Gasteiger partial charge in [-0.3, -0.25) is 0 Å². The monoisotopic (exact) mass is 349 g/mol. The number of hydrogen-bond acceptors (Lipinski definition) is 2. The average molecular weight is 350 g/mol. The Morgan fingerprint density at radius 3 is 2.42 bits per heavy atom. The third kappa shape index (κ3) is 2.58. The number of thiophene rings is 1. The summed E-state index contributed by atoms with van der Waals surface area (Å²) in [5.41, 5.74) is 5.05. The third-order valence-electron chi connectivity index (χ3n) is 4.16. The van der Waals surface area contributed by atoms with Crippen LogP contribution >= 0.6 is 22.9 Å². The molecule has 0 atom stereocenters. The van der Waals surface area contributed by atoms with Gasteiger partial charge < -0.3 is 4.90 Å². The van der Waals surface area contributed by atoms with Gasteiger partial charge in [-0.15, -0.1) is 11.3 Å². The Morgan fingerprint density at radius 1 is 0.875 bits per heavy atom. The van der Waals surface area contributed by atoms with E-state index in [0.717, 1.165) is 11.4 Å². The number of rotatable bonds is 3. The Morgan fingerprint density at radius 2 is 1.62 bits per heavy atom. The van der Waals surface area contributed by atoms with Crippen LogP contribution < -0.4 is 4.90 Å². The molecule has 1 heterocycles. The minimum atomic E-state index is 1.10. The molecule has 3 aromatic carbocycles. The molecule has 0 saturated carbocycles. The van der Waals surface area contributed by atoms with Crippen molar-refractivity contribution >= 4 is 54.5 Å². The first-order valence-electron chi connectivity index (χ1n) is 7.81. The predicted molar refractivity (Wildman–Crippen MR) is 108 cm³/mol. The van der Waals surface area contributed by atoms with E-state index in [9.17, 15) is 0 Å². The zero-order valence-corrected chi connectivity index (χ0v) is 14.8. The zero-order valence-electron chi connectivity index (χ0n) is 13.2. The van der Waals surface area contributed by atoms with Crippen LogP contribution in [0, 0.1) is 6.92 Å². The first-order valence-corrected chi connectivity index (χ1v) is 9.06. The van der Waals surface area contributed by atoms with Gasteiger partial charge in [-0.2, -0.15) is 0 Å². The number of hydrogen-bond donors (Lipinski definition) is 0. The molecular formula is C21H16ClNS. The molecule has 4 rings (SSSR count). The molecule has 24 heavy (non-hydrogen) atoms. The first-order chi connectivity index (χ1) is 11.8. The van der Waals surface area contributed by atoms with Gasteiger partial charge in [0.1, 0.15) is 0 Å². The van der Waals surface area contributed by atoms with E-state index in [1.54, 1.807) is 5.54 Å². The summed E-state index contributed by atoms with van der Waals surface area (Å²) in [6.45, 7) is 2.10. The molecule has 4 aromatic rings. The Kier molecular flexibility index (Phi) is 4.01. The first kappa shape index (κ1) is 15.3. The molecule has 0 fully saturated rings. The molecule has 0 N–H and O–H groups in total. The maximum Gasteiger partial charge on any atom is 0.0634 e. The minimum Gasteiger partial charge on any atom is -0.315 e. The molecule has 0 unspecified atom stereocenters. The number of aryl methyl sites for hydroxylation is 1. The summed E-state index contributed by atoms with van der Waals surface area (Å²) in [5.74, 6) is 0. The highest BCUT2D eigenvalue weighted by molar-refractivity contribution is 7.26. The van der Waals surface area contributed by atoms with E-state index in [-0.39, 0.29) is 0 Å². The third-order valence-corrected chi connectivity index (χ3v) is 5.48. The molecule has 0 saturated heterocycles. The van der Waals surface area contributed by atoms with Gasteiger partial charge in [0.25, 0.3) is 0 Å². The molecule has 0 amide bonds. The van der Waals surface area contributed by atoms with E-state index in [2.05, 4.69) is 78.6 Å². The summed E-state index contributed by atoms with van der Waals surface area (Å²) in [6, 6.07) is 23.5. The topological polar surface area (TPSA) is 3.24 Å². The summed E-state index contributed by atoms with van der Waals surface area (Å²) >= 11 is 7.76. The number of fused-ring (bicyclic) bond motifs is 3. The molecule has 0 aliphatic carbocycles. The molecule has 0 radical (unpaired) electrons. The second kappa shape index (κ2) is 6.31. The van der Waals surface area contributed by atoms with E-state index in [0.29, 0.717) is 0 Å². The quantitative estimate of drug-likeness (QED) is 0.377. The summed E-state index contributed by atoms with van der Waals surface area (Å²) < 4.78 is 2.58. The van der Waals surface area contributed by atoms with Crippen molar-refractivity contribution in [1.29, 1.82) is 0 Å². The SMILES string of the molecule is Cc1ccc(N(/C=C/Cl)c2cccc3c2sc2ccccc23)cc1. The Hall–Kier alpha value is -2.29. The molecule has 1 nitrogen and oxygen atoms in total.